The van der Waals surface area contributed by atoms with Crippen LogP contribution < -0.4 is 10.6 Å². The van der Waals surface area contributed by atoms with Gasteiger partial charge in [-0.1, -0.05) is 17.4 Å². The van der Waals surface area contributed by atoms with Crippen molar-refractivity contribution in [3.63, 3.8) is 0 Å². The van der Waals surface area contributed by atoms with Crippen molar-refractivity contribution in [2.75, 3.05) is 11.9 Å². The summed E-state index contributed by atoms with van der Waals surface area (Å²) in [4.78, 5) is 24.3. The van der Waals surface area contributed by atoms with E-state index in [2.05, 4.69) is 20.8 Å². The van der Waals surface area contributed by atoms with Crippen molar-refractivity contribution in [1.29, 1.82) is 0 Å². The van der Waals surface area contributed by atoms with Gasteiger partial charge in [0, 0.05) is 29.1 Å². The number of carbonyl (C=O) groups is 2. The monoisotopic (exact) mass is 327 g/mol. The number of hydrogen-bond acceptors (Lipinski definition) is 5. The normalized spacial score (nSPS) is 16.9. The van der Waals surface area contributed by atoms with Gasteiger partial charge in [-0.25, -0.2) is 0 Å². The van der Waals surface area contributed by atoms with E-state index < -0.39 is 0 Å². The number of carbonyl (C=O) groups excluding carboxylic acids is 2. The Balaban J connectivity index is 1.77. The molecule has 1 unspecified atom stereocenters. The maximum Gasteiger partial charge on any atom is 0.268 e. The number of nitrogens with one attached hydrogen (secondary N) is 2. The number of nitrogens with zero attached hydrogens (tertiary/aromatic N) is 3. The molecule has 1 aromatic carbocycles. The zero-order valence-corrected chi connectivity index (χ0v) is 13.1. The second-order valence-electron chi connectivity index (χ2n) is 5.43. The molecule has 2 N–H and O–H groups in total. The lowest BCUT2D eigenvalue weighted by Gasteiger charge is -2.24. The summed E-state index contributed by atoms with van der Waals surface area (Å²) in [6.07, 6.45) is 0. The van der Waals surface area contributed by atoms with Crippen molar-refractivity contribution >= 4 is 39.2 Å². The maximum absolute atomic E-state index is 12.3. The molecule has 2 amide bonds. The van der Waals surface area contributed by atoms with Gasteiger partial charge in [0.1, 0.15) is 11.2 Å². The first kappa shape index (κ1) is 13.9. The van der Waals surface area contributed by atoms with Crippen LogP contribution in [0.1, 0.15) is 33.8 Å². The van der Waals surface area contributed by atoms with Gasteiger partial charge in [0.2, 0.25) is 5.13 Å². The van der Waals surface area contributed by atoms with Gasteiger partial charge in [-0.15, -0.1) is 10.2 Å². The fourth-order valence-corrected chi connectivity index (χ4v) is 3.27. The first-order chi connectivity index (χ1) is 11.1. The van der Waals surface area contributed by atoms with E-state index in [4.69, 9.17) is 0 Å². The summed E-state index contributed by atoms with van der Waals surface area (Å²) in [6, 6.07) is 7.40. The van der Waals surface area contributed by atoms with Crippen LogP contribution in [0.15, 0.2) is 29.8 Å². The molecule has 0 saturated carbocycles. The minimum Gasteiger partial charge on any atom is -0.349 e. The lowest BCUT2D eigenvalue weighted by atomic mass is 10.1. The van der Waals surface area contributed by atoms with Gasteiger partial charge in [0.15, 0.2) is 0 Å². The Labute approximate surface area is 135 Å². The Hall–Kier alpha value is -2.74. The number of amides is 2. The van der Waals surface area contributed by atoms with E-state index in [0.29, 0.717) is 22.9 Å². The van der Waals surface area contributed by atoms with Crippen LogP contribution >= 0.6 is 11.3 Å². The van der Waals surface area contributed by atoms with E-state index in [-0.39, 0.29) is 17.9 Å². The van der Waals surface area contributed by atoms with Gasteiger partial charge in [-0.3, -0.25) is 14.9 Å². The highest BCUT2D eigenvalue weighted by Crippen LogP contribution is 2.27. The quantitative estimate of drug-likeness (QED) is 0.754. The Morgan fingerprint density at radius 3 is 3.09 bits per heavy atom. The molecule has 0 saturated heterocycles. The van der Waals surface area contributed by atoms with Crippen LogP contribution in [0.25, 0.3) is 10.9 Å². The number of rotatable bonds is 2. The molecule has 0 spiro atoms. The summed E-state index contributed by atoms with van der Waals surface area (Å²) in [5.74, 6) is -0.328. The molecule has 0 aliphatic carbocycles. The van der Waals surface area contributed by atoms with Crippen LogP contribution in [0.4, 0.5) is 5.13 Å². The maximum atomic E-state index is 12.3. The van der Waals surface area contributed by atoms with Crippen molar-refractivity contribution < 1.29 is 9.59 Å². The van der Waals surface area contributed by atoms with E-state index in [1.807, 2.05) is 29.7 Å². The van der Waals surface area contributed by atoms with Gasteiger partial charge in [-0.2, -0.15) is 0 Å². The molecule has 0 fully saturated rings. The van der Waals surface area contributed by atoms with Crippen LogP contribution in [0.3, 0.4) is 0 Å². The molecule has 8 heteroatoms. The highest BCUT2D eigenvalue weighted by molar-refractivity contribution is 7.13. The second kappa shape index (κ2) is 5.17. The summed E-state index contributed by atoms with van der Waals surface area (Å²) in [5.41, 5.74) is 3.59. The third-order valence-electron chi connectivity index (χ3n) is 3.92. The minimum atomic E-state index is -0.243. The smallest absolute Gasteiger partial charge is 0.268 e. The van der Waals surface area contributed by atoms with E-state index in [1.54, 1.807) is 11.6 Å². The topological polar surface area (TPSA) is 88.9 Å². The van der Waals surface area contributed by atoms with Gasteiger partial charge in [0.25, 0.3) is 11.8 Å². The van der Waals surface area contributed by atoms with Crippen molar-refractivity contribution in [3.8, 4) is 0 Å². The van der Waals surface area contributed by atoms with Crippen LogP contribution in [0.5, 0.6) is 0 Å². The predicted molar refractivity (Wildman–Crippen MR) is 86.8 cm³/mol. The summed E-state index contributed by atoms with van der Waals surface area (Å²) >= 11 is 1.26. The summed E-state index contributed by atoms with van der Waals surface area (Å²) in [6.45, 7) is 2.62. The average molecular weight is 327 g/mol. The van der Waals surface area contributed by atoms with Crippen molar-refractivity contribution in [2.24, 2.45) is 0 Å². The Morgan fingerprint density at radius 1 is 1.43 bits per heavy atom. The molecular weight excluding hydrogens is 314 g/mol. The first-order valence-electron chi connectivity index (χ1n) is 7.14. The molecule has 1 aliphatic heterocycles. The summed E-state index contributed by atoms with van der Waals surface area (Å²) in [7, 11) is 0. The largest absolute Gasteiger partial charge is 0.349 e. The SMILES string of the molecule is CC1CNC(=O)c2cc3ccc(C(=O)Nc4nncs4)cc3n21. The summed E-state index contributed by atoms with van der Waals surface area (Å²) in [5, 5.41) is 14.5. The molecular formula is C15H13N5O2S. The standard InChI is InChI=1S/C15H13N5O2S/c1-8-6-16-14(22)12-4-9-2-3-10(5-11(9)20(8)12)13(21)18-15-19-17-7-23-15/h2-5,7-8H,6H2,1H3,(H,16,22)(H,18,19,21). The van der Waals surface area contributed by atoms with Crippen molar-refractivity contribution in [2.45, 2.75) is 13.0 Å². The molecule has 3 heterocycles. The zero-order chi connectivity index (χ0) is 16.0. The number of fused-ring (bicyclic) bond motifs is 3. The third kappa shape index (κ3) is 2.27. The minimum absolute atomic E-state index is 0.0841. The molecule has 0 radical (unpaired) electrons. The number of anilines is 1. The highest BCUT2D eigenvalue weighted by Gasteiger charge is 2.24. The van der Waals surface area contributed by atoms with Gasteiger partial charge >= 0.3 is 0 Å². The molecule has 4 rings (SSSR count). The number of benzene rings is 1. The second-order valence-corrected chi connectivity index (χ2v) is 6.26. The Bertz CT molecular complexity index is 915. The van der Waals surface area contributed by atoms with Gasteiger partial charge in [0.05, 0.1) is 0 Å². The number of hydrogen-bond donors (Lipinski definition) is 2. The van der Waals surface area contributed by atoms with Crippen LogP contribution in [0.2, 0.25) is 0 Å². The van der Waals surface area contributed by atoms with Gasteiger partial charge in [-0.05, 0) is 25.1 Å². The van der Waals surface area contributed by atoms with E-state index >= 15 is 0 Å². The third-order valence-corrected chi connectivity index (χ3v) is 4.52. The number of aromatic nitrogens is 3. The highest BCUT2D eigenvalue weighted by atomic mass is 32.1. The van der Waals surface area contributed by atoms with E-state index in [9.17, 15) is 9.59 Å². The van der Waals surface area contributed by atoms with E-state index in [0.717, 1.165) is 10.9 Å². The lowest BCUT2D eigenvalue weighted by molar-refractivity contribution is 0.0919. The van der Waals surface area contributed by atoms with Crippen LogP contribution in [-0.2, 0) is 0 Å². The van der Waals surface area contributed by atoms with E-state index in [1.165, 1.54) is 11.3 Å². The van der Waals surface area contributed by atoms with Crippen LogP contribution in [0, 0.1) is 0 Å². The summed E-state index contributed by atoms with van der Waals surface area (Å²) < 4.78 is 1.98. The molecule has 23 heavy (non-hydrogen) atoms. The molecule has 0 bridgehead atoms. The van der Waals surface area contributed by atoms with Gasteiger partial charge < -0.3 is 9.88 Å². The first-order valence-corrected chi connectivity index (χ1v) is 8.02. The van der Waals surface area contributed by atoms with Crippen molar-refractivity contribution in [1.82, 2.24) is 20.1 Å². The predicted octanol–water partition coefficient (Wildman–Crippen LogP) is 2.05. The Morgan fingerprint density at radius 2 is 2.30 bits per heavy atom. The molecule has 1 aliphatic rings. The van der Waals surface area contributed by atoms with Crippen molar-refractivity contribution in [3.05, 3.63) is 41.0 Å². The lowest BCUT2D eigenvalue weighted by Crippen LogP contribution is -2.37. The fourth-order valence-electron chi connectivity index (χ4n) is 2.83. The molecule has 2 aromatic heterocycles. The molecule has 7 nitrogen and oxygen atoms in total. The average Bonchev–Trinajstić information content (AvgIpc) is 3.18. The van der Waals surface area contributed by atoms with Crippen LogP contribution in [-0.4, -0.2) is 33.1 Å². The molecule has 1 atom stereocenters. The Kier molecular flexibility index (Phi) is 3.12. The molecule has 3 aromatic rings. The zero-order valence-electron chi connectivity index (χ0n) is 12.2. The fraction of sp³-hybridized carbons (Fsp3) is 0.200. The molecule has 116 valence electrons.